The van der Waals surface area contributed by atoms with Crippen molar-refractivity contribution in [2.24, 2.45) is 0 Å². The second kappa shape index (κ2) is 12.2. The summed E-state index contributed by atoms with van der Waals surface area (Å²) in [5.41, 5.74) is 2.52. The highest BCUT2D eigenvalue weighted by molar-refractivity contribution is 7.13. The standard InChI is InChI=1S/C23H31N7O2S/c1-4-24-8-10-27-20-12-16(6-7-26-20)23-30-19(14-33-23)18-13-17(15(3)29-22(18)32)21(31)28-11-9-25-5-2/h6-7,12-14,24-25H,4-5,8-11H2,1-3H3,(H,26,27)(H,28,31)(H,29,32). The van der Waals surface area contributed by atoms with E-state index in [1.165, 1.54) is 11.3 Å². The first kappa shape index (κ1) is 24.6. The van der Waals surface area contributed by atoms with Crippen LogP contribution >= 0.6 is 11.3 Å². The average molecular weight is 470 g/mol. The SMILES string of the molecule is CCNCCNC(=O)c1cc(-c2csc(-c3ccnc(NCCNCC)c3)n2)c(=O)[nH]c1C. The lowest BCUT2D eigenvalue weighted by atomic mass is 10.1. The van der Waals surface area contributed by atoms with Crippen LogP contribution in [-0.4, -0.2) is 60.1 Å². The number of pyridine rings is 2. The van der Waals surface area contributed by atoms with E-state index in [2.05, 4.69) is 43.1 Å². The third-order valence-electron chi connectivity index (χ3n) is 4.97. The van der Waals surface area contributed by atoms with Crippen molar-refractivity contribution in [3.8, 4) is 21.8 Å². The lowest BCUT2D eigenvalue weighted by Crippen LogP contribution is -2.32. The molecule has 9 nitrogen and oxygen atoms in total. The van der Waals surface area contributed by atoms with E-state index in [-0.39, 0.29) is 11.5 Å². The van der Waals surface area contributed by atoms with Crippen molar-refractivity contribution in [3.63, 3.8) is 0 Å². The molecule has 0 aliphatic heterocycles. The topological polar surface area (TPSA) is 124 Å². The van der Waals surface area contributed by atoms with Gasteiger partial charge in [-0.1, -0.05) is 13.8 Å². The average Bonchev–Trinajstić information content (AvgIpc) is 3.30. The van der Waals surface area contributed by atoms with Gasteiger partial charge < -0.3 is 26.3 Å². The summed E-state index contributed by atoms with van der Waals surface area (Å²) in [5, 5.41) is 15.2. The van der Waals surface area contributed by atoms with Crippen LogP contribution < -0.4 is 26.8 Å². The number of nitrogens with zero attached hydrogens (tertiary/aromatic N) is 2. The number of hydrogen-bond donors (Lipinski definition) is 5. The number of thiazole rings is 1. The molecule has 0 saturated heterocycles. The van der Waals surface area contributed by atoms with E-state index < -0.39 is 0 Å². The monoisotopic (exact) mass is 469 g/mol. The molecule has 5 N–H and O–H groups in total. The minimum atomic E-state index is -0.269. The van der Waals surface area contributed by atoms with Gasteiger partial charge in [-0.05, 0) is 38.2 Å². The van der Waals surface area contributed by atoms with E-state index in [1.807, 2.05) is 24.4 Å². The highest BCUT2D eigenvalue weighted by Crippen LogP contribution is 2.29. The Kier molecular flexibility index (Phi) is 9.11. The maximum atomic E-state index is 12.6. The highest BCUT2D eigenvalue weighted by Gasteiger charge is 2.16. The molecule has 0 aliphatic carbocycles. The molecule has 10 heteroatoms. The summed E-state index contributed by atoms with van der Waals surface area (Å²) in [6, 6.07) is 5.45. The summed E-state index contributed by atoms with van der Waals surface area (Å²) < 4.78 is 0. The Morgan fingerprint density at radius 1 is 1.09 bits per heavy atom. The smallest absolute Gasteiger partial charge is 0.257 e. The van der Waals surface area contributed by atoms with Gasteiger partial charge in [-0.25, -0.2) is 9.97 Å². The quantitative estimate of drug-likeness (QED) is 0.258. The summed E-state index contributed by atoms with van der Waals surface area (Å²) >= 11 is 1.44. The van der Waals surface area contributed by atoms with Crippen LogP contribution in [0.5, 0.6) is 0 Å². The molecule has 3 rings (SSSR count). The number of rotatable bonds is 12. The molecular weight excluding hydrogens is 438 g/mol. The summed E-state index contributed by atoms with van der Waals surface area (Å²) in [6.07, 6.45) is 1.74. The molecule has 0 fully saturated rings. The largest absolute Gasteiger partial charge is 0.369 e. The van der Waals surface area contributed by atoms with Crippen molar-refractivity contribution >= 4 is 23.1 Å². The van der Waals surface area contributed by atoms with E-state index in [9.17, 15) is 9.59 Å². The normalized spacial score (nSPS) is 10.9. The van der Waals surface area contributed by atoms with Gasteiger partial charge in [0.1, 0.15) is 10.8 Å². The molecule has 0 radical (unpaired) electrons. The number of aromatic amines is 1. The van der Waals surface area contributed by atoms with Crippen molar-refractivity contribution in [1.29, 1.82) is 0 Å². The minimum absolute atomic E-state index is 0.222. The third kappa shape index (κ3) is 6.70. The van der Waals surface area contributed by atoms with Crippen molar-refractivity contribution < 1.29 is 4.79 Å². The first-order valence-electron chi connectivity index (χ1n) is 11.1. The number of H-pyrrole nitrogens is 1. The molecular formula is C23H31N7O2S. The van der Waals surface area contributed by atoms with Crippen LogP contribution in [0.2, 0.25) is 0 Å². The number of likely N-dealkylation sites (N-methyl/N-ethyl adjacent to an activating group) is 2. The Morgan fingerprint density at radius 3 is 2.61 bits per heavy atom. The van der Waals surface area contributed by atoms with Crippen LogP contribution in [0.4, 0.5) is 5.82 Å². The molecule has 0 bridgehead atoms. The second-order valence-electron chi connectivity index (χ2n) is 7.41. The highest BCUT2D eigenvalue weighted by atomic mass is 32.1. The lowest BCUT2D eigenvalue weighted by molar-refractivity contribution is 0.0953. The van der Waals surface area contributed by atoms with Gasteiger partial charge in [0, 0.05) is 49.0 Å². The molecule has 1 amide bonds. The number of carbonyl (C=O) groups excluding carboxylic acids is 1. The lowest BCUT2D eigenvalue weighted by Gasteiger charge is -2.09. The molecule has 0 aliphatic rings. The molecule has 0 atom stereocenters. The second-order valence-corrected chi connectivity index (χ2v) is 8.27. The number of aromatic nitrogens is 3. The number of hydrogen-bond acceptors (Lipinski definition) is 8. The van der Waals surface area contributed by atoms with Gasteiger partial charge in [-0.2, -0.15) is 0 Å². The maximum Gasteiger partial charge on any atom is 0.257 e. The maximum absolute atomic E-state index is 12.6. The van der Waals surface area contributed by atoms with E-state index >= 15 is 0 Å². The minimum Gasteiger partial charge on any atom is -0.369 e. The fourth-order valence-corrected chi connectivity index (χ4v) is 4.05. The van der Waals surface area contributed by atoms with Gasteiger partial charge in [-0.3, -0.25) is 9.59 Å². The molecule has 33 heavy (non-hydrogen) atoms. The summed E-state index contributed by atoms with van der Waals surface area (Å²) in [7, 11) is 0. The van der Waals surface area contributed by atoms with Crippen LogP contribution in [0.3, 0.4) is 0 Å². The fourth-order valence-electron chi connectivity index (χ4n) is 3.23. The van der Waals surface area contributed by atoms with Gasteiger partial charge in [0.25, 0.3) is 11.5 Å². The fraction of sp³-hybridized carbons (Fsp3) is 0.391. The van der Waals surface area contributed by atoms with Crippen LogP contribution in [0.1, 0.15) is 29.9 Å². The number of amides is 1. The molecule has 3 aromatic rings. The Labute approximate surface area is 197 Å². The number of nitrogens with one attached hydrogen (secondary N) is 5. The van der Waals surface area contributed by atoms with E-state index in [1.54, 1.807) is 19.2 Å². The molecule has 0 saturated carbocycles. The molecule has 3 heterocycles. The van der Waals surface area contributed by atoms with Crippen molar-refractivity contribution in [2.45, 2.75) is 20.8 Å². The van der Waals surface area contributed by atoms with Gasteiger partial charge in [0.05, 0.1) is 16.8 Å². The van der Waals surface area contributed by atoms with Gasteiger partial charge in [0.15, 0.2) is 0 Å². The molecule has 176 valence electrons. The van der Waals surface area contributed by atoms with E-state index in [4.69, 9.17) is 0 Å². The predicted octanol–water partition coefficient (Wildman–Crippen LogP) is 2.23. The zero-order valence-electron chi connectivity index (χ0n) is 19.2. The Bertz CT molecular complexity index is 1130. The van der Waals surface area contributed by atoms with Crippen molar-refractivity contribution in [1.82, 2.24) is 30.9 Å². The van der Waals surface area contributed by atoms with Crippen molar-refractivity contribution in [2.75, 3.05) is 44.6 Å². The third-order valence-corrected chi connectivity index (χ3v) is 5.86. The van der Waals surface area contributed by atoms with Crippen LogP contribution in [0.15, 0.2) is 34.6 Å². The molecule has 0 spiro atoms. The van der Waals surface area contributed by atoms with Crippen LogP contribution in [0.25, 0.3) is 21.8 Å². The van der Waals surface area contributed by atoms with Crippen LogP contribution in [-0.2, 0) is 0 Å². The van der Waals surface area contributed by atoms with E-state index in [0.717, 1.165) is 42.6 Å². The molecule has 0 aromatic carbocycles. The number of carbonyl (C=O) groups is 1. The van der Waals surface area contributed by atoms with Gasteiger partial charge in [-0.15, -0.1) is 11.3 Å². The van der Waals surface area contributed by atoms with Crippen LogP contribution in [0, 0.1) is 6.92 Å². The first-order chi connectivity index (χ1) is 16.0. The zero-order valence-corrected chi connectivity index (χ0v) is 20.1. The number of aryl methyl sites for hydroxylation is 1. The van der Waals surface area contributed by atoms with Crippen molar-refractivity contribution in [3.05, 3.63) is 51.4 Å². The van der Waals surface area contributed by atoms with E-state index in [0.29, 0.717) is 35.6 Å². The Morgan fingerprint density at radius 2 is 1.85 bits per heavy atom. The predicted molar refractivity (Wildman–Crippen MR) is 134 cm³/mol. The van der Waals surface area contributed by atoms with Gasteiger partial charge in [0.2, 0.25) is 0 Å². The zero-order chi connectivity index (χ0) is 23.6. The summed E-state index contributed by atoms with van der Waals surface area (Å²) in [6.45, 7) is 10.4. The molecule has 0 unspecified atom stereocenters. The molecule has 3 aromatic heterocycles. The first-order valence-corrected chi connectivity index (χ1v) is 12.0. The number of anilines is 1. The summed E-state index contributed by atoms with van der Waals surface area (Å²) in [4.78, 5) is 37.1. The Hall–Kier alpha value is -3.08. The van der Waals surface area contributed by atoms with Gasteiger partial charge >= 0.3 is 0 Å². The Balaban J connectivity index is 1.78. The summed E-state index contributed by atoms with van der Waals surface area (Å²) in [5.74, 6) is 0.549.